The van der Waals surface area contributed by atoms with Gasteiger partial charge in [0, 0.05) is 12.5 Å². The summed E-state index contributed by atoms with van der Waals surface area (Å²) in [4.78, 5) is 0. The van der Waals surface area contributed by atoms with E-state index < -0.39 is 0 Å². The maximum Gasteiger partial charge on any atom is 0.0245 e. The lowest BCUT2D eigenvalue weighted by atomic mass is 9.93. The second kappa shape index (κ2) is 6.90. The largest absolute Gasteiger partial charge is 0.313 e. The molecule has 3 unspecified atom stereocenters. The van der Waals surface area contributed by atoms with E-state index in [2.05, 4.69) is 31.0 Å². The van der Waals surface area contributed by atoms with Crippen molar-refractivity contribution in [1.29, 1.82) is 0 Å². The smallest absolute Gasteiger partial charge is 0.0245 e. The zero-order valence-corrected chi connectivity index (χ0v) is 10.5. The Morgan fingerprint density at radius 3 is 2.67 bits per heavy atom. The van der Waals surface area contributed by atoms with Crippen molar-refractivity contribution in [1.82, 2.24) is 5.32 Å². The molecule has 15 heavy (non-hydrogen) atoms. The number of nitrogens with one attached hydrogen (secondary N) is 1. The van der Waals surface area contributed by atoms with Crippen LogP contribution in [0.5, 0.6) is 0 Å². The third-order valence-corrected chi connectivity index (χ3v) is 3.69. The van der Waals surface area contributed by atoms with E-state index in [1.807, 2.05) is 6.92 Å². The first-order valence-electron chi connectivity index (χ1n) is 6.44. The third kappa shape index (κ3) is 3.87. The summed E-state index contributed by atoms with van der Waals surface area (Å²) in [5.74, 6) is 8.09. The molecular formula is C14H25N. The van der Waals surface area contributed by atoms with Crippen molar-refractivity contribution in [3.8, 4) is 11.8 Å². The maximum atomic E-state index is 3.60. The van der Waals surface area contributed by atoms with Crippen LogP contribution in [0.3, 0.4) is 0 Å². The van der Waals surface area contributed by atoms with Gasteiger partial charge in [-0.3, -0.25) is 0 Å². The van der Waals surface area contributed by atoms with Crippen molar-refractivity contribution in [2.45, 2.75) is 58.9 Å². The normalized spacial score (nSPS) is 27.1. The molecule has 0 aromatic carbocycles. The molecule has 1 aliphatic carbocycles. The van der Waals surface area contributed by atoms with Gasteiger partial charge in [0.05, 0.1) is 0 Å². The highest BCUT2D eigenvalue weighted by Gasteiger charge is 2.28. The van der Waals surface area contributed by atoms with Gasteiger partial charge in [-0.15, -0.1) is 11.8 Å². The second-order valence-corrected chi connectivity index (χ2v) is 4.64. The average Bonchev–Trinajstić information content (AvgIpc) is 2.72. The van der Waals surface area contributed by atoms with Crippen LogP contribution in [0, 0.1) is 23.7 Å². The van der Waals surface area contributed by atoms with Gasteiger partial charge < -0.3 is 5.32 Å². The molecule has 0 radical (unpaired) electrons. The highest BCUT2D eigenvalue weighted by Crippen LogP contribution is 2.35. The lowest BCUT2D eigenvalue weighted by Crippen LogP contribution is -2.34. The first kappa shape index (κ1) is 12.6. The average molecular weight is 207 g/mol. The summed E-state index contributed by atoms with van der Waals surface area (Å²) in [6.07, 6.45) is 6.64. The number of rotatable bonds is 5. The lowest BCUT2D eigenvalue weighted by molar-refractivity contribution is 0.356. The molecule has 1 nitrogen and oxygen atoms in total. The molecule has 86 valence electrons. The summed E-state index contributed by atoms with van der Waals surface area (Å²) < 4.78 is 0. The monoisotopic (exact) mass is 207 g/mol. The highest BCUT2D eigenvalue weighted by molar-refractivity contribution is 5.00. The van der Waals surface area contributed by atoms with Gasteiger partial charge in [-0.1, -0.05) is 26.7 Å². The maximum absolute atomic E-state index is 3.60. The van der Waals surface area contributed by atoms with Gasteiger partial charge in [-0.25, -0.2) is 0 Å². The summed E-state index contributed by atoms with van der Waals surface area (Å²) in [5.41, 5.74) is 0. The van der Waals surface area contributed by atoms with Crippen LogP contribution in [0.4, 0.5) is 0 Å². The Labute approximate surface area is 95.0 Å². The van der Waals surface area contributed by atoms with Crippen molar-refractivity contribution >= 4 is 0 Å². The minimum absolute atomic E-state index is 0.638. The standard InChI is InChI=1S/C14H25N/c1-4-7-8-14(15-6-3)13-10-9-12(5-2)11-13/h12-15H,5-6,8-11H2,1-3H3. The summed E-state index contributed by atoms with van der Waals surface area (Å²) >= 11 is 0. The van der Waals surface area contributed by atoms with Crippen LogP contribution in [0.15, 0.2) is 0 Å². The predicted molar refractivity (Wildman–Crippen MR) is 66.7 cm³/mol. The van der Waals surface area contributed by atoms with Crippen molar-refractivity contribution in [2.24, 2.45) is 11.8 Å². The molecule has 0 heterocycles. The van der Waals surface area contributed by atoms with Gasteiger partial charge in [0.15, 0.2) is 0 Å². The molecule has 0 aromatic rings. The lowest BCUT2D eigenvalue weighted by Gasteiger charge is -2.22. The Bertz CT molecular complexity index is 223. The van der Waals surface area contributed by atoms with Crippen molar-refractivity contribution < 1.29 is 0 Å². The number of hydrogen-bond acceptors (Lipinski definition) is 1. The van der Waals surface area contributed by atoms with Crippen LogP contribution < -0.4 is 5.32 Å². The minimum atomic E-state index is 0.638. The summed E-state index contributed by atoms with van der Waals surface area (Å²) in [7, 11) is 0. The van der Waals surface area contributed by atoms with Gasteiger partial charge in [-0.2, -0.15) is 0 Å². The van der Waals surface area contributed by atoms with Crippen LogP contribution >= 0.6 is 0 Å². The molecule has 0 saturated heterocycles. The van der Waals surface area contributed by atoms with E-state index in [0.29, 0.717) is 6.04 Å². The van der Waals surface area contributed by atoms with Crippen LogP contribution in [0.1, 0.15) is 52.9 Å². The molecule has 1 fully saturated rings. The molecule has 0 amide bonds. The summed E-state index contributed by atoms with van der Waals surface area (Å²) in [6.45, 7) is 7.52. The number of hydrogen-bond donors (Lipinski definition) is 1. The van der Waals surface area contributed by atoms with E-state index in [1.54, 1.807) is 0 Å². The molecular weight excluding hydrogens is 182 g/mol. The summed E-state index contributed by atoms with van der Waals surface area (Å²) in [5, 5.41) is 3.60. The van der Waals surface area contributed by atoms with E-state index in [9.17, 15) is 0 Å². The zero-order chi connectivity index (χ0) is 11.1. The van der Waals surface area contributed by atoms with Gasteiger partial charge in [0.2, 0.25) is 0 Å². The molecule has 0 spiro atoms. The first-order chi connectivity index (χ1) is 7.31. The molecule has 0 aromatic heterocycles. The molecule has 1 saturated carbocycles. The van der Waals surface area contributed by atoms with Crippen LogP contribution in [0.25, 0.3) is 0 Å². The van der Waals surface area contributed by atoms with Crippen LogP contribution in [0.2, 0.25) is 0 Å². The predicted octanol–water partition coefficient (Wildman–Crippen LogP) is 3.20. The summed E-state index contributed by atoms with van der Waals surface area (Å²) in [6, 6.07) is 0.638. The van der Waals surface area contributed by atoms with Crippen molar-refractivity contribution in [3.63, 3.8) is 0 Å². The second-order valence-electron chi connectivity index (χ2n) is 4.64. The fraction of sp³-hybridized carbons (Fsp3) is 0.857. The van der Waals surface area contributed by atoms with Crippen molar-refractivity contribution in [3.05, 3.63) is 0 Å². The van der Waals surface area contributed by atoms with Gasteiger partial charge in [0.1, 0.15) is 0 Å². The van der Waals surface area contributed by atoms with Gasteiger partial charge in [0.25, 0.3) is 0 Å². The third-order valence-electron chi connectivity index (χ3n) is 3.69. The van der Waals surface area contributed by atoms with Gasteiger partial charge >= 0.3 is 0 Å². The van der Waals surface area contributed by atoms with Crippen molar-refractivity contribution in [2.75, 3.05) is 6.54 Å². The zero-order valence-electron chi connectivity index (χ0n) is 10.5. The van der Waals surface area contributed by atoms with Crippen LogP contribution in [-0.4, -0.2) is 12.6 Å². The SMILES string of the molecule is CC#CCC(NCC)C1CCC(CC)C1. The topological polar surface area (TPSA) is 12.0 Å². The van der Waals surface area contributed by atoms with E-state index in [0.717, 1.165) is 24.8 Å². The minimum Gasteiger partial charge on any atom is -0.313 e. The Morgan fingerprint density at radius 1 is 1.33 bits per heavy atom. The van der Waals surface area contributed by atoms with E-state index in [-0.39, 0.29) is 0 Å². The Hall–Kier alpha value is -0.480. The van der Waals surface area contributed by atoms with E-state index in [4.69, 9.17) is 0 Å². The fourth-order valence-electron chi connectivity index (χ4n) is 2.73. The fourth-order valence-corrected chi connectivity index (χ4v) is 2.73. The Balaban J connectivity index is 2.44. The molecule has 1 rings (SSSR count). The molecule has 0 aliphatic heterocycles. The molecule has 0 bridgehead atoms. The van der Waals surface area contributed by atoms with Gasteiger partial charge in [-0.05, 0) is 38.1 Å². The van der Waals surface area contributed by atoms with Crippen LogP contribution in [-0.2, 0) is 0 Å². The van der Waals surface area contributed by atoms with E-state index in [1.165, 1.54) is 25.7 Å². The molecule has 1 aliphatic rings. The first-order valence-corrected chi connectivity index (χ1v) is 6.44. The highest BCUT2D eigenvalue weighted by atomic mass is 14.9. The Kier molecular flexibility index (Phi) is 5.79. The molecule has 1 heteroatoms. The quantitative estimate of drug-likeness (QED) is 0.683. The molecule has 3 atom stereocenters. The molecule has 1 N–H and O–H groups in total. The van der Waals surface area contributed by atoms with E-state index >= 15 is 0 Å². The Morgan fingerprint density at radius 2 is 2.13 bits per heavy atom.